The van der Waals surface area contributed by atoms with Gasteiger partial charge in [-0.1, -0.05) is 6.92 Å². The molecule has 0 fully saturated rings. The first-order valence-electron chi connectivity index (χ1n) is 3.81. The predicted octanol–water partition coefficient (Wildman–Crippen LogP) is -0.155. The molecule has 0 amide bonds. The highest BCUT2D eigenvalue weighted by atomic mass is 15.3. The summed E-state index contributed by atoms with van der Waals surface area (Å²) in [5, 5.41) is 3.14. The van der Waals surface area contributed by atoms with Gasteiger partial charge < -0.3 is 0 Å². The molecule has 2 aliphatic heterocycles. The van der Waals surface area contributed by atoms with Crippen LogP contribution in [0.4, 0.5) is 0 Å². The van der Waals surface area contributed by atoms with Crippen molar-refractivity contribution in [3.63, 3.8) is 0 Å². The summed E-state index contributed by atoms with van der Waals surface area (Å²) in [6.45, 7) is 2.79. The minimum atomic E-state index is -0.670. The molecule has 0 aliphatic carbocycles. The van der Waals surface area contributed by atoms with E-state index < -0.39 is 5.79 Å². The SMILES string of the molecule is CCNC12N=CN=CC1=NC=N2. The quantitative estimate of drug-likeness (QED) is 0.604. The van der Waals surface area contributed by atoms with Crippen LogP contribution in [0.2, 0.25) is 0 Å². The lowest BCUT2D eigenvalue weighted by Crippen LogP contribution is -2.49. The van der Waals surface area contributed by atoms with Gasteiger partial charge in [-0.05, 0) is 6.54 Å². The summed E-state index contributed by atoms with van der Waals surface area (Å²) >= 11 is 0. The molecule has 0 bridgehead atoms. The molecule has 5 nitrogen and oxygen atoms in total. The van der Waals surface area contributed by atoms with Gasteiger partial charge >= 0.3 is 0 Å². The zero-order chi connectivity index (χ0) is 8.44. The van der Waals surface area contributed by atoms with E-state index in [1.807, 2.05) is 6.92 Å². The molecule has 5 heteroatoms. The highest BCUT2D eigenvalue weighted by molar-refractivity contribution is 6.39. The largest absolute Gasteiger partial charge is 0.269 e. The van der Waals surface area contributed by atoms with Gasteiger partial charge in [0.25, 0.3) is 5.79 Å². The minimum absolute atomic E-state index is 0.670. The van der Waals surface area contributed by atoms with Crippen molar-refractivity contribution in [2.45, 2.75) is 12.7 Å². The Labute approximate surface area is 70.0 Å². The molecule has 0 saturated carbocycles. The van der Waals surface area contributed by atoms with Gasteiger partial charge in [-0.3, -0.25) is 5.32 Å². The second kappa shape index (κ2) is 2.60. The van der Waals surface area contributed by atoms with Crippen molar-refractivity contribution in [1.29, 1.82) is 0 Å². The molecular formula is C7H9N5. The number of nitrogens with zero attached hydrogens (tertiary/aromatic N) is 4. The van der Waals surface area contributed by atoms with Gasteiger partial charge in [0.1, 0.15) is 18.4 Å². The zero-order valence-corrected chi connectivity index (χ0v) is 6.73. The fourth-order valence-electron chi connectivity index (χ4n) is 1.20. The molecule has 2 aliphatic rings. The Balaban J connectivity index is 2.34. The number of hydrogen-bond acceptors (Lipinski definition) is 5. The predicted molar refractivity (Wildman–Crippen MR) is 49.3 cm³/mol. The van der Waals surface area contributed by atoms with Crippen molar-refractivity contribution in [3.05, 3.63) is 0 Å². The van der Waals surface area contributed by atoms with Crippen LogP contribution in [0.15, 0.2) is 20.0 Å². The van der Waals surface area contributed by atoms with Gasteiger partial charge in [0.05, 0.1) is 6.21 Å². The van der Waals surface area contributed by atoms with Gasteiger partial charge in [0, 0.05) is 0 Å². The van der Waals surface area contributed by atoms with Crippen molar-refractivity contribution < 1.29 is 0 Å². The summed E-state index contributed by atoms with van der Waals surface area (Å²) in [6.07, 6.45) is 4.67. The summed E-state index contributed by atoms with van der Waals surface area (Å²) in [5.41, 5.74) is 0.756. The van der Waals surface area contributed by atoms with Crippen LogP contribution in [-0.2, 0) is 0 Å². The lowest BCUT2D eigenvalue weighted by atomic mass is 10.2. The monoisotopic (exact) mass is 163 g/mol. The summed E-state index contributed by atoms with van der Waals surface area (Å²) in [4.78, 5) is 16.2. The molecule has 2 rings (SSSR count). The van der Waals surface area contributed by atoms with Crippen LogP contribution >= 0.6 is 0 Å². The fourth-order valence-corrected chi connectivity index (χ4v) is 1.20. The number of fused-ring (bicyclic) bond motifs is 1. The van der Waals surface area contributed by atoms with E-state index in [2.05, 4.69) is 25.3 Å². The molecule has 0 spiro atoms. The first kappa shape index (κ1) is 7.30. The van der Waals surface area contributed by atoms with E-state index >= 15 is 0 Å². The number of nitrogens with one attached hydrogen (secondary N) is 1. The molecule has 1 N–H and O–H groups in total. The second-order valence-corrected chi connectivity index (χ2v) is 2.48. The molecule has 0 aromatic rings. The van der Waals surface area contributed by atoms with Gasteiger partial charge in [0.2, 0.25) is 0 Å². The third-order valence-corrected chi connectivity index (χ3v) is 1.73. The van der Waals surface area contributed by atoms with Crippen LogP contribution in [0, 0.1) is 0 Å². The molecule has 0 saturated heterocycles. The molecule has 1 unspecified atom stereocenters. The highest BCUT2D eigenvalue weighted by Crippen LogP contribution is 2.16. The summed E-state index contributed by atoms with van der Waals surface area (Å²) in [5.74, 6) is -0.670. The van der Waals surface area contributed by atoms with E-state index in [-0.39, 0.29) is 0 Å². The van der Waals surface area contributed by atoms with Gasteiger partial charge in [-0.15, -0.1) is 0 Å². The van der Waals surface area contributed by atoms with E-state index in [1.165, 1.54) is 12.7 Å². The van der Waals surface area contributed by atoms with Crippen molar-refractivity contribution in [2.75, 3.05) is 6.54 Å². The Morgan fingerprint density at radius 2 is 2.25 bits per heavy atom. The first-order valence-corrected chi connectivity index (χ1v) is 3.81. The number of hydrogen-bond donors (Lipinski definition) is 1. The zero-order valence-electron chi connectivity index (χ0n) is 6.73. The molecular weight excluding hydrogens is 154 g/mol. The maximum atomic E-state index is 4.15. The van der Waals surface area contributed by atoms with Gasteiger partial charge in [-0.25, -0.2) is 20.0 Å². The van der Waals surface area contributed by atoms with Crippen LogP contribution in [0.3, 0.4) is 0 Å². The van der Waals surface area contributed by atoms with E-state index in [1.54, 1.807) is 6.21 Å². The van der Waals surface area contributed by atoms with Crippen molar-refractivity contribution in [2.24, 2.45) is 20.0 Å². The Bertz CT molecular complexity index is 301. The van der Waals surface area contributed by atoms with E-state index in [0.717, 1.165) is 12.3 Å². The van der Waals surface area contributed by atoms with Crippen molar-refractivity contribution in [1.82, 2.24) is 5.32 Å². The Kier molecular flexibility index (Phi) is 1.58. The normalized spacial score (nSPS) is 30.6. The first-order chi connectivity index (χ1) is 5.87. The van der Waals surface area contributed by atoms with Crippen molar-refractivity contribution >= 4 is 24.6 Å². The molecule has 12 heavy (non-hydrogen) atoms. The highest BCUT2D eigenvalue weighted by Gasteiger charge is 2.36. The third kappa shape index (κ3) is 0.902. The number of aliphatic imine (C=N–C) groups is 4. The van der Waals surface area contributed by atoms with Crippen LogP contribution in [-0.4, -0.2) is 36.9 Å². The van der Waals surface area contributed by atoms with Crippen LogP contribution in [0.5, 0.6) is 0 Å². The molecule has 0 aromatic carbocycles. The van der Waals surface area contributed by atoms with Gasteiger partial charge in [0.15, 0.2) is 0 Å². The van der Waals surface area contributed by atoms with E-state index in [0.29, 0.717) is 0 Å². The fraction of sp³-hybridized carbons (Fsp3) is 0.429. The average molecular weight is 163 g/mol. The van der Waals surface area contributed by atoms with E-state index in [4.69, 9.17) is 0 Å². The summed E-state index contributed by atoms with van der Waals surface area (Å²) < 4.78 is 0. The topological polar surface area (TPSA) is 61.5 Å². The lowest BCUT2D eigenvalue weighted by molar-refractivity contribution is 0.493. The van der Waals surface area contributed by atoms with Crippen LogP contribution in [0.1, 0.15) is 6.92 Å². The Morgan fingerprint density at radius 1 is 1.42 bits per heavy atom. The smallest absolute Gasteiger partial charge is 0.253 e. The molecule has 0 radical (unpaired) electrons. The molecule has 0 aromatic heterocycles. The minimum Gasteiger partial charge on any atom is -0.269 e. The standard InChI is InChI=1S/C7H9N5/c1-2-10-7-6(9-5-12-7)3-8-4-11-7/h3-5,10H,2H2,1H3. The Hall–Kier alpha value is -1.36. The molecule has 62 valence electrons. The maximum absolute atomic E-state index is 4.15. The molecule has 1 atom stereocenters. The molecule has 2 heterocycles. The second-order valence-electron chi connectivity index (χ2n) is 2.48. The van der Waals surface area contributed by atoms with E-state index in [9.17, 15) is 0 Å². The van der Waals surface area contributed by atoms with Crippen LogP contribution in [0.25, 0.3) is 0 Å². The lowest BCUT2D eigenvalue weighted by Gasteiger charge is -2.23. The van der Waals surface area contributed by atoms with Crippen LogP contribution < -0.4 is 5.32 Å². The summed E-state index contributed by atoms with van der Waals surface area (Å²) in [6, 6.07) is 0. The third-order valence-electron chi connectivity index (χ3n) is 1.73. The average Bonchev–Trinajstić information content (AvgIpc) is 2.48. The van der Waals surface area contributed by atoms with Crippen molar-refractivity contribution in [3.8, 4) is 0 Å². The maximum Gasteiger partial charge on any atom is 0.253 e. The number of rotatable bonds is 2. The van der Waals surface area contributed by atoms with Gasteiger partial charge in [-0.2, -0.15) is 0 Å². The summed E-state index contributed by atoms with van der Waals surface area (Å²) in [7, 11) is 0. The Morgan fingerprint density at radius 3 is 3.08 bits per heavy atom.